The fourth-order valence-electron chi connectivity index (χ4n) is 4.39. The zero-order chi connectivity index (χ0) is 32.8. The zero-order valence-electron chi connectivity index (χ0n) is 23.8. The number of urea groups is 1. The smallest absolute Gasteiger partial charge is 0.328 e. The van der Waals surface area contributed by atoms with Crippen LogP contribution in [0.15, 0.2) is 40.4 Å². The number of carboxylic acid groups (broad SMARTS) is 2. The van der Waals surface area contributed by atoms with E-state index in [1.165, 1.54) is 51.0 Å². The lowest BCUT2D eigenvalue weighted by molar-refractivity contribution is -0.153. The second-order valence-electron chi connectivity index (χ2n) is 9.70. The van der Waals surface area contributed by atoms with Crippen LogP contribution >= 0.6 is 23.5 Å². The van der Waals surface area contributed by atoms with Gasteiger partial charge in [0.2, 0.25) is 11.1 Å². The monoisotopic (exact) mass is 663 g/mol. The first-order valence-corrected chi connectivity index (χ1v) is 15.3. The highest BCUT2D eigenvalue weighted by Crippen LogP contribution is 2.29. The van der Waals surface area contributed by atoms with Gasteiger partial charge in [-0.1, -0.05) is 23.9 Å². The van der Waals surface area contributed by atoms with Crippen LogP contribution < -0.4 is 16.0 Å². The minimum atomic E-state index is -1.69. The minimum absolute atomic E-state index is 0.0878. The Bertz CT molecular complexity index is 1520. The van der Waals surface area contributed by atoms with E-state index in [1.807, 2.05) is 0 Å². The number of piperazine rings is 1. The average Bonchev–Trinajstić information content (AvgIpc) is 3.43. The molecule has 18 nitrogen and oxygen atoms in total. The molecule has 4 atom stereocenters. The van der Waals surface area contributed by atoms with Crippen molar-refractivity contribution in [2.75, 3.05) is 25.4 Å². The van der Waals surface area contributed by atoms with E-state index < -0.39 is 59.2 Å². The first-order valence-electron chi connectivity index (χ1n) is 13.3. The maximum absolute atomic E-state index is 13.6. The summed E-state index contributed by atoms with van der Waals surface area (Å²) in [6, 6.07) is -0.532. The number of nitrogens with zero attached hydrogens (tertiary/aromatic N) is 6. The maximum atomic E-state index is 13.6. The summed E-state index contributed by atoms with van der Waals surface area (Å²) in [5.74, 6) is -5.75. The highest BCUT2D eigenvalue weighted by molar-refractivity contribution is 8.03. The Hall–Kier alpha value is -4.69. The molecular weight excluding hydrogens is 634 g/mol. The van der Waals surface area contributed by atoms with E-state index in [0.717, 1.165) is 11.8 Å². The number of hydrogen-bond donors (Lipinski definition) is 6. The maximum Gasteiger partial charge on any atom is 0.328 e. The van der Waals surface area contributed by atoms with Crippen molar-refractivity contribution in [3.05, 3.63) is 40.8 Å². The standard InChI is InChI=1S/C25H29N9O9S2/c1-3-33-8-9-34(21(38)20(33)37)24(43)28-15(12-4-6-14(35)7-5-12)18(36)26-17(23(41)42)19-27-16(22(39)40)13(10-44-19)11-45-25-29-30-31-32(25)2/h4-7,10,15-17,19,27,35H,3,8-9,11H2,1-2H3,(H,26,36)(H,28,43)(H,39,40)(H,41,42)/t15?,16?,17-,19+/m0/s1. The van der Waals surface area contributed by atoms with Crippen molar-refractivity contribution >= 4 is 59.2 Å². The quantitative estimate of drug-likeness (QED) is 0.121. The van der Waals surface area contributed by atoms with Crippen LogP contribution in [0.3, 0.4) is 0 Å². The van der Waals surface area contributed by atoms with Gasteiger partial charge >= 0.3 is 29.8 Å². The van der Waals surface area contributed by atoms with Crippen LogP contribution in [0.5, 0.6) is 5.75 Å². The number of thioether (sulfide) groups is 2. The summed E-state index contributed by atoms with van der Waals surface area (Å²) in [7, 11) is 1.62. The lowest BCUT2D eigenvalue weighted by Gasteiger charge is -2.34. The molecule has 5 amide bonds. The summed E-state index contributed by atoms with van der Waals surface area (Å²) in [5, 5.41) is 48.9. The highest BCUT2D eigenvalue weighted by atomic mass is 32.2. The second-order valence-corrected chi connectivity index (χ2v) is 11.7. The third kappa shape index (κ3) is 7.70. The number of aliphatic carboxylic acids is 2. The molecule has 240 valence electrons. The molecule has 0 spiro atoms. The molecule has 1 saturated heterocycles. The Kier molecular flexibility index (Phi) is 10.6. The minimum Gasteiger partial charge on any atom is -0.508 e. The van der Waals surface area contributed by atoms with E-state index in [-0.39, 0.29) is 36.7 Å². The fourth-order valence-corrected chi connectivity index (χ4v) is 6.46. The van der Waals surface area contributed by atoms with E-state index in [0.29, 0.717) is 15.6 Å². The number of hydrogen-bond acceptors (Lipinski definition) is 13. The largest absolute Gasteiger partial charge is 0.508 e. The molecule has 0 saturated carbocycles. The first-order chi connectivity index (χ1) is 21.4. The van der Waals surface area contributed by atoms with Crippen LogP contribution in [-0.4, -0.2) is 124 Å². The van der Waals surface area contributed by atoms with Crippen LogP contribution in [0.25, 0.3) is 0 Å². The number of tetrazole rings is 1. The molecule has 1 aromatic carbocycles. The zero-order valence-corrected chi connectivity index (χ0v) is 25.4. The molecule has 1 aromatic heterocycles. The molecule has 1 fully saturated rings. The topological polar surface area (TPSA) is 249 Å². The van der Waals surface area contributed by atoms with E-state index in [4.69, 9.17) is 0 Å². The third-order valence-electron chi connectivity index (χ3n) is 6.82. The van der Waals surface area contributed by atoms with Gasteiger partial charge in [-0.15, -0.1) is 16.9 Å². The van der Waals surface area contributed by atoms with Crippen molar-refractivity contribution in [1.29, 1.82) is 0 Å². The van der Waals surface area contributed by atoms with Crippen molar-refractivity contribution in [2.24, 2.45) is 7.05 Å². The van der Waals surface area contributed by atoms with Crippen molar-refractivity contribution < 1.29 is 44.1 Å². The number of benzene rings is 1. The van der Waals surface area contributed by atoms with E-state index in [2.05, 4.69) is 31.5 Å². The van der Waals surface area contributed by atoms with Gasteiger partial charge in [-0.05, 0) is 46.0 Å². The van der Waals surface area contributed by atoms with Crippen LogP contribution in [-0.2, 0) is 31.0 Å². The van der Waals surface area contributed by atoms with Crippen LogP contribution in [0.4, 0.5) is 4.79 Å². The third-order valence-corrected chi connectivity index (χ3v) is 9.04. The summed E-state index contributed by atoms with van der Waals surface area (Å²) >= 11 is 2.12. The lowest BCUT2D eigenvalue weighted by Crippen LogP contribution is -2.61. The number of amides is 5. The Morgan fingerprint density at radius 1 is 1.11 bits per heavy atom. The molecule has 6 N–H and O–H groups in total. The molecule has 2 aliphatic rings. The number of phenolic OH excluding ortho intramolecular Hbond substituents is 1. The Morgan fingerprint density at radius 2 is 1.82 bits per heavy atom. The molecule has 0 radical (unpaired) electrons. The molecule has 4 rings (SSSR count). The normalized spacial score (nSPS) is 19.8. The SMILES string of the molecule is CCN1CCN(C(=O)NC(C(=O)N[C@H](C(=O)O)[C@@H]2NC(C(=O)O)C(CSc3nnnn3C)=CS2)c2ccc(O)cc2)C(=O)C1=O. The predicted molar refractivity (Wildman–Crippen MR) is 156 cm³/mol. The number of rotatable bonds is 11. The molecule has 2 aromatic rings. The number of imide groups is 1. The summed E-state index contributed by atoms with van der Waals surface area (Å²) in [6.45, 7) is 1.89. The molecule has 3 heterocycles. The van der Waals surface area contributed by atoms with Gasteiger partial charge in [-0.2, -0.15) is 0 Å². The van der Waals surface area contributed by atoms with Gasteiger partial charge in [0.05, 0.1) is 5.37 Å². The van der Waals surface area contributed by atoms with E-state index >= 15 is 0 Å². The van der Waals surface area contributed by atoms with Crippen molar-refractivity contribution in [3.8, 4) is 5.75 Å². The summed E-state index contributed by atoms with van der Waals surface area (Å²) in [4.78, 5) is 77.9. The summed E-state index contributed by atoms with van der Waals surface area (Å²) < 4.78 is 1.41. The number of aromatic hydroxyl groups is 1. The molecule has 2 unspecified atom stereocenters. The number of carbonyl (C=O) groups excluding carboxylic acids is 4. The number of phenols is 1. The van der Waals surface area contributed by atoms with Gasteiger partial charge in [0.15, 0.2) is 6.04 Å². The van der Waals surface area contributed by atoms with Crippen LogP contribution in [0, 0.1) is 0 Å². The fraction of sp³-hybridized carbons (Fsp3) is 0.400. The molecular formula is C25H29N9O9S2. The number of carbonyl (C=O) groups is 6. The number of carboxylic acids is 2. The first kappa shape index (κ1) is 33.2. The summed E-state index contributed by atoms with van der Waals surface area (Å²) in [5.41, 5.74) is 0.530. The predicted octanol–water partition coefficient (Wildman–Crippen LogP) is -1.28. The summed E-state index contributed by atoms with van der Waals surface area (Å²) in [6.07, 6.45) is 0. The van der Waals surface area contributed by atoms with Gasteiger partial charge in [0.1, 0.15) is 17.8 Å². The van der Waals surface area contributed by atoms with Crippen molar-refractivity contribution in [3.63, 3.8) is 0 Å². The number of aromatic nitrogens is 4. The van der Waals surface area contributed by atoms with E-state index in [1.54, 1.807) is 14.0 Å². The highest BCUT2D eigenvalue weighted by Gasteiger charge is 2.40. The van der Waals surface area contributed by atoms with Gasteiger partial charge in [0.25, 0.3) is 0 Å². The lowest BCUT2D eigenvalue weighted by atomic mass is 10.0. The molecule has 0 bridgehead atoms. The molecule has 2 aliphatic heterocycles. The second kappa shape index (κ2) is 14.4. The Balaban J connectivity index is 1.53. The van der Waals surface area contributed by atoms with E-state index in [9.17, 15) is 44.1 Å². The molecule has 0 aliphatic carbocycles. The molecule has 20 heteroatoms. The Labute approximate surface area is 263 Å². The number of nitrogens with one attached hydrogen (secondary N) is 3. The van der Waals surface area contributed by atoms with Crippen molar-refractivity contribution in [1.82, 2.24) is 46.0 Å². The van der Waals surface area contributed by atoms with Crippen LogP contribution in [0.2, 0.25) is 0 Å². The van der Waals surface area contributed by atoms with Gasteiger partial charge in [-0.3, -0.25) is 29.4 Å². The Morgan fingerprint density at radius 3 is 2.42 bits per heavy atom. The van der Waals surface area contributed by atoms with Gasteiger partial charge in [-0.25, -0.2) is 14.3 Å². The van der Waals surface area contributed by atoms with Crippen molar-refractivity contribution in [2.45, 2.75) is 35.6 Å². The number of likely N-dealkylation sites (N-methyl/N-ethyl adjacent to an activating group) is 1. The average molecular weight is 664 g/mol. The van der Waals surface area contributed by atoms with Gasteiger partial charge in [0, 0.05) is 32.4 Å². The van der Waals surface area contributed by atoms with Gasteiger partial charge < -0.3 is 30.9 Å². The van der Waals surface area contributed by atoms with Crippen LogP contribution in [0.1, 0.15) is 18.5 Å². The molecule has 45 heavy (non-hydrogen) atoms. The number of aryl methyl sites for hydroxylation is 1.